The Bertz CT molecular complexity index is 944. The van der Waals surface area contributed by atoms with Crippen molar-refractivity contribution in [1.29, 1.82) is 0 Å². The second-order valence-electron chi connectivity index (χ2n) is 6.00. The van der Waals surface area contributed by atoms with Gasteiger partial charge in [0.05, 0.1) is 0 Å². The highest BCUT2D eigenvalue weighted by Crippen LogP contribution is 2.39. The van der Waals surface area contributed by atoms with Gasteiger partial charge in [-0.15, -0.1) is 10.2 Å². The molecule has 1 atom stereocenters. The van der Waals surface area contributed by atoms with Gasteiger partial charge in [0.15, 0.2) is 11.9 Å². The van der Waals surface area contributed by atoms with E-state index in [1.54, 1.807) is 0 Å². The first kappa shape index (κ1) is 15.9. The summed E-state index contributed by atoms with van der Waals surface area (Å²) in [5.74, 6) is 0.503. The summed E-state index contributed by atoms with van der Waals surface area (Å²) >= 11 is 1.45. The SMILES string of the molecule is CSc1nnc2c(n1)O[C@H](c1cc(C)ccc1C)Nc1ccccc1-2. The third-order valence-electron chi connectivity index (χ3n) is 4.23. The molecule has 1 aromatic heterocycles. The Morgan fingerprint density at radius 1 is 1.08 bits per heavy atom. The summed E-state index contributed by atoms with van der Waals surface area (Å²) in [4.78, 5) is 4.55. The molecule has 4 rings (SSSR count). The molecule has 0 aliphatic carbocycles. The molecular weight excluding hydrogens is 332 g/mol. The lowest BCUT2D eigenvalue weighted by Gasteiger charge is -2.21. The number of hydrogen-bond acceptors (Lipinski definition) is 6. The molecule has 1 aliphatic rings. The van der Waals surface area contributed by atoms with Gasteiger partial charge in [0.25, 0.3) is 0 Å². The van der Waals surface area contributed by atoms with Crippen molar-refractivity contribution < 1.29 is 4.74 Å². The summed E-state index contributed by atoms with van der Waals surface area (Å²) < 4.78 is 6.27. The number of para-hydroxylation sites is 1. The summed E-state index contributed by atoms with van der Waals surface area (Å²) in [7, 11) is 0. The summed E-state index contributed by atoms with van der Waals surface area (Å²) in [6.45, 7) is 4.17. The Balaban J connectivity index is 1.89. The zero-order valence-corrected chi connectivity index (χ0v) is 15.1. The smallest absolute Gasteiger partial charge is 0.247 e. The molecule has 2 heterocycles. The minimum absolute atomic E-state index is 0.339. The maximum absolute atomic E-state index is 6.27. The van der Waals surface area contributed by atoms with E-state index in [0.29, 0.717) is 16.7 Å². The van der Waals surface area contributed by atoms with Crippen molar-refractivity contribution in [2.45, 2.75) is 25.2 Å². The largest absolute Gasteiger partial charge is 0.448 e. The van der Waals surface area contributed by atoms with Gasteiger partial charge in [-0.3, -0.25) is 0 Å². The highest BCUT2D eigenvalue weighted by atomic mass is 32.2. The number of benzene rings is 2. The van der Waals surface area contributed by atoms with E-state index in [4.69, 9.17) is 4.74 Å². The number of hydrogen-bond donors (Lipinski definition) is 1. The molecule has 2 aromatic carbocycles. The first-order chi connectivity index (χ1) is 12.2. The molecule has 3 aromatic rings. The van der Waals surface area contributed by atoms with E-state index in [1.165, 1.54) is 17.3 Å². The molecule has 0 unspecified atom stereocenters. The number of nitrogens with one attached hydrogen (secondary N) is 1. The van der Waals surface area contributed by atoms with Crippen LogP contribution in [-0.4, -0.2) is 21.4 Å². The Labute approximate surface area is 150 Å². The molecule has 0 saturated carbocycles. The van der Waals surface area contributed by atoms with Crippen molar-refractivity contribution in [2.75, 3.05) is 11.6 Å². The minimum atomic E-state index is -0.339. The summed E-state index contributed by atoms with van der Waals surface area (Å²) in [6.07, 6.45) is 1.59. The van der Waals surface area contributed by atoms with E-state index in [0.717, 1.165) is 22.4 Å². The van der Waals surface area contributed by atoms with Crippen LogP contribution in [0.4, 0.5) is 5.69 Å². The lowest BCUT2D eigenvalue weighted by molar-refractivity contribution is 0.224. The number of anilines is 1. The third-order valence-corrected chi connectivity index (χ3v) is 4.77. The lowest BCUT2D eigenvalue weighted by Crippen LogP contribution is -2.18. The Kier molecular flexibility index (Phi) is 4.05. The normalized spacial score (nSPS) is 15.4. The summed E-state index contributed by atoms with van der Waals surface area (Å²) in [5.41, 5.74) is 6.00. The van der Waals surface area contributed by atoms with E-state index >= 15 is 0 Å². The first-order valence-electron chi connectivity index (χ1n) is 8.04. The molecule has 0 saturated heterocycles. The highest BCUT2D eigenvalue weighted by molar-refractivity contribution is 7.98. The van der Waals surface area contributed by atoms with Crippen molar-refractivity contribution >= 4 is 17.4 Å². The Hall–Kier alpha value is -2.60. The molecule has 0 radical (unpaired) electrons. The van der Waals surface area contributed by atoms with Crippen LogP contribution in [0.25, 0.3) is 11.3 Å². The van der Waals surface area contributed by atoms with E-state index in [2.05, 4.69) is 52.5 Å². The fraction of sp³-hybridized carbons (Fsp3) is 0.211. The number of nitrogens with zero attached hydrogens (tertiary/aromatic N) is 3. The molecule has 6 heteroatoms. The fourth-order valence-electron chi connectivity index (χ4n) is 2.92. The quantitative estimate of drug-likeness (QED) is 0.692. The van der Waals surface area contributed by atoms with Crippen LogP contribution < -0.4 is 10.1 Å². The van der Waals surface area contributed by atoms with Gasteiger partial charge in [-0.05, 0) is 31.7 Å². The van der Waals surface area contributed by atoms with Gasteiger partial charge in [0.2, 0.25) is 11.0 Å². The highest BCUT2D eigenvalue weighted by Gasteiger charge is 2.26. The van der Waals surface area contributed by atoms with Crippen LogP contribution in [0.1, 0.15) is 22.9 Å². The summed E-state index contributed by atoms with van der Waals surface area (Å²) in [6, 6.07) is 14.4. The number of thioether (sulfide) groups is 1. The number of rotatable bonds is 2. The predicted octanol–water partition coefficient (Wildman–Crippen LogP) is 4.38. The van der Waals surface area contributed by atoms with Crippen molar-refractivity contribution in [3.8, 4) is 17.1 Å². The van der Waals surface area contributed by atoms with Gasteiger partial charge in [0.1, 0.15) is 0 Å². The number of aromatic nitrogens is 3. The fourth-order valence-corrected chi connectivity index (χ4v) is 3.21. The topological polar surface area (TPSA) is 59.9 Å². The van der Waals surface area contributed by atoms with Crippen molar-refractivity contribution in [3.05, 3.63) is 59.2 Å². The molecule has 25 heavy (non-hydrogen) atoms. The number of ether oxygens (including phenoxy) is 1. The van der Waals surface area contributed by atoms with Gasteiger partial charge in [-0.25, -0.2) is 0 Å². The zero-order valence-electron chi connectivity index (χ0n) is 14.3. The van der Waals surface area contributed by atoms with Crippen LogP contribution >= 0.6 is 11.8 Å². The van der Waals surface area contributed by atoms with Crippen LogP contribution in [0, 0.1) is 13.8 Å². The molecule has 1 N–H and O–H groups in total. The van der Waals surface area contributed by atoms with E-state index in [-0.39, 0.29) is 6.23 Å². The molecule has 0 bridgehead atoms. The van der Waals surface area contributed by atoms with Gasteiger partial charge in [-0.1, -0.05) is 53.7 Å². The van der Waals surface area contributed by atoms with Crippen LogP contribution in [0.15, 0.2) is 47.6 Å². The van der Waals surface area contributed by atoms with Crippen molar-refractivity contribution in [2.24, 2.45) is 0 Å². The molecule has 0 amide bonds. The predicted molar refractivity (Wildman–Crippen MR) is 100.0 cm³/mol. The van der Waals surface area contributed by atoms with Crippen LogP contribution in [0.2, 0.25) is 0 Å². The monoisotopic (exact) mass is 350 g/mol. The van der Waals surface area contributed by atoms with E-state index in [9.17, 15) is 0 Å². The van der Waals surface area contributed by atoms with Crippen LogP contribution in [-0.2, 0) is 0 Å². The maximum Gasteiger partial charge on any atom is 0.247 e. The van der Waals surface area contributed by atoms with Crippen molar-refractivity contribution in [3.63, 3.8) is 0 Å². The van der Waals surface area contributed by atoms with Gasteiger partial charge < -0.3 is 10.1 Å². The second kappa shape index (κ2) is 6.37. The maximum atomic E-state index is 6.27. The molecule has 1 aliphatic heterocycles. The zero-order chi connectivity index (χ0) is 17.4. The van der Waals surface area contributed by atoms with E-state index < -0.39 is 0 Å². The lowest BCUT2D eigenvalue weighted by atomic mass is 10.0. The van der Waals surface area contributed by atoms with Crippen molar-refractivity contribution in [1.82, 2.24) is 15.2 Å². The molecular formula is C19H18N4OS. The van der Waals surface area contributed by atoms with Gasteiger partial charge in [-0.2, -0.15) is 4.98 Å². The Morgan fingerprint density at radius 2 is 1.92 bits per heavy atom. The summed E-state index contributed by atoms with van der Waals surface area (Å²) in [5, 5.41) is 12.6. The van der Waals surface area contributed by atoms with Gasteiger partial charge in [0, 0.05) is 16.8 Å². The molecule has 5 nitrogen and oxygen atoms in total. The molecule has 126 valence electrons. The minimum Gasteiger partial charge on any atom is -0.448 e. The average molecular weight is 350 g/mol. The van der Waals surface area contributed by atoms with Gasteiger partial charge >= 0.3 is 0 Å². The number of fused-ring (bicyclic) bond motifs is 3. The molecule has 0 spiro atoms. The average Bonchev–Trinajstić information content (AvgIpc) is 2.79. The van der Waals surface area contributed by atoms with Crippen LogP contribution in [0.3, 0.4) is 0 Å². The Morgan fingerprint density at radius 3 is 2.76 bits per heavy atom. The first-order valence-corrected chi connectivity index (χ1v) is 9.26. The molecule has 0 fully saturated rings. The third kappa shape index (κ3) is 2.93. The standard InChI is InChI=1S/C19H18N4OS/c1-11-8-9-12(2)14(10-11)17-20-15-7-5-4-6-13(15)16-18(24-17)21-19(25-3)23-22-16/h4-10,17,20H,1-3H3/t17-/m1/s1. The van der Waals surface area contributed by atoms with E-state index in [1.807, 2.05) is 30.5 Å². The second-order valence-corrected chi connectivity index (χ2v) is 6.77. The number of aryl methyl sites for hydroxylation is 2. The van der Waals surface area contributed by atoms with Crippen LogP contribution in [0.5, 0.6) is 5.88 Å².